The van der Waals surface area contributed by atoms with Crippen LogP contribution >= 0.6 is 0 Å². The maximum atomic E-state index is 11.7. The van der Waals surface area contributed by atoms with Gasteiger partial charge in [0, 0.05) is 11.5 Å². The molecule has 0 fully saturated rings. The van der Waals surface area contributed by atoms with Crippen molar-refractivity contribution in [3.63, 3.8) is 0 Å². The van der Waals surface area contributed by atoms with Gasteiger partial charge >= 0.3 is 11.9 Å². The number of aromatic hydroxyl groups is 2. The molecule has 0 aliphatic rings. The van der Waals surface area contributed by atoms with Gasteiger partial charge in [0.2, 0.25) is 0 Å². The number of aromatic carboxylic acids is 2. The van der Waals surface area contributed by atoms with E-state index in [1.807, 2.05) is 0 Å². The Morgan fingerprint density at radius 1 is 0.812 bits per heavy atom. The average molecular weight is 438 g/mol. The third-order valence-electron chi connectivity index (χ3n) is 5.33. The van der Waals surface area contributed by atoms with Crippen LogP contribution in [0, 0.1) is 13.8 Å². The zero-order chi connectivity index (χ0) is 23.6. The van der Waals surface area contributed by atoms with Gasteiger partial charge < -0.3 is 20.4 Å². The highest BCUT2D eigenvalue weighted by atomic mass is 17.1. The van der Waals surface area contributed by atoms with Crippen LogP contribution < -0.4 is 0 Å². The first-order valence-corrected chi connectivity index (χ1v) is 9.62. The first kappa shape index (κ1) is 22.8. The third-order valence-corrected chi connectivity index (χ3v) is 5.33. The number of hydrogen-bond donors (Lipinski definition) is 5. The lowest BCUT2D eigenvalue weighted by molar-refractivity contribution is -0.253. The van der Waals surface area contributed by atoms with Gasteiger partial charge in [-0.1, -0.05) is 24.3 Å². The summed E-state index contributed by atoms with van der Waals surface area (Å²) in [6.07, 6.45) is 0. The molecule has 0 aliphatic heterocycles. The highest BCUT2D eigenvalue weighted by Gasteiger charge is 2.23. The van der Waals surface area contributed by atoms with Gasteiger partial charge in [0.05, 0.1) is 5.56 Å². The van der Waals surface area contributed by atoms with E-state index in [0.717, 1.165) is 0 Å². The lowest BCUT2D eigenvalue weighted by Gasteiger charge is -2.22. The number of carboxylic acid groups (broad SMARTS) is 2. The van der Waals surface area contributed by atoms with E-state index < -0.39 is 17.9 Å². The second-order valence-electron chi connectivity index (χ2n) is 7.52. The lowest BCUT2D eigenvalue weighted by atomic mass is 9.82. The number of phenolic OH excluding ortho intramolecular Hbond substituents is 1. The van der Waals surface area contributed by atoms with Crippen molar-refractivity contribution >= 4 is 11.9 Å². The van der Waals surface area contributed by atoms with Crippen LogP contribution in [0.5, 0.6) is 11.5 Å². The first-order valence-electron chi connectivity index (χ1n) is 9.62. The van der Waals surface area contributed by atoms with E-state index in [9.17, 15) is 30.0 Å². The minimum atomic E-state index is -1.29. The van der Waals surface area contributed by atoms with Gasteiger partial charge in [-0.2, -0.15) is 0 Å². The number of phenols is 2. The van der Waals surface area contributed by atoms with Gasteiger partial charge in [0.1, 0.15) is 23.7 Å². The number of benzene rings is 3. The number of hydrogen-bond acceptors (Lipinski definition) is 6. The van der Waals surface area contributed by atoms with Crippen LogP contribution in [-0.2, 0) is 11.5 Å². The van der Waals surface area contributed by atoms with Crippen LogP contribution in [0.1, 0.15) is 60.0 Å². The Morgan fingerprint density at radius 3 is 1.91 bits per heavy atom. The molecule has 8 nitrogen and oxygen atoms in total. The van der Waals surface area contributed by atoms with E-state index in [-0.39, 0.29) is 29.2 Å². The number of carbonyl (C=O) groups is 2. The first-order chi connectivity index (χ1) is 15.1. The molecule has 166 valence electrons. The van der Waals surface area contributed by atoms with Crippen LogP contribution in [0.2, 0.25) is 0 Å². The quantitative estimate of drug-likeness (QED) is 0.209. The molecule has 32 heavy (non-hydrogen) atoms. The summed E-state index contributed by atoms with van der Waals surface area (Å²) < 4.78 is 0. The second kappa shape index (κ2) is 9.09. The van der Waals surface area contributed by atoms with Crippen molar-refractivity contribution in [3.05, 3.63) is 93.0 Å². The summed E-state index contributed by atoms with van der Waals surface area (Å²) >= 11 is 0. The fraction of sp³-hybridized carbons (Fsp3) is 0.167. The van der Waals surface area contributed by atoms with Crippen molar-refractivity contribution < 1.29 is 40.2 Å². The predicted molar refractivity (Wildman–Crippen MR) is 114 cm³/mol. The Hall–Kier alpha value is -3.88. The highest BCUT2D eigenvalue weighted by molar-refractivity contribution is 5.91. The molecular weight excluding hydrogens is 416 g/mol. The molecule has 3 rings (SSSR count). The van der Waals surface area contributed by atoms with Crippen LogP contribution in [-0.4, -0.2) is 37.6 Å². The molecule has 0 radical (unpaired) electrons. The van der Waals surface area contributed by atoms with Gasteiger partial charge in [0.15, 0.2) is 0 Å². The summed E-state index contributed by atoms with van der Waals surface area (Å²) in [4.78, 5) is 27.1. The minimum Gasteiger partial charge on any atom is -0.507 e. The summed E-state index contributed by atoms with van der Waals surface area (Å²) in [5.74, 6) is -3.31. The zero-order valence-corrected chi connectivity index (χ0v) is 17.4. The molecule has 0 saturated carbocycles. The van der Waals surface area contributed by atoms with Crippen LogP contribution in [0.15, 0.2) is 48.5 Å². The van der Waals surface area contributed by atoms with Gasteiger partial charge in [-0.15, -0.1) is 0 Å². The molecule has 1 unspecified atom stereocenters. The van der Waals surface area contributed by atoms with E-state index in [0.29, 0.717) is 33.4 Å². The van der Waals surface area contributed by atoms with E-state index in [1.54, 1.807) is 44.2 Å². The Kier molecular flexibility index (Phi) is 6.47. The Morgan fingerprint density at radius 2 is 1.38 bits per heavy atom. The average Bonchev–Trinajstić information content (AvgIpc) is 2.74. The van der Waals surface area contributed by atoms with Gasteiger partial charge in [0.25, 0.3) is 0 Å². The fourth-order valence-corrected chi connectivity index (χ4v) is 3.76. The van der Waals surface area contributed by atoms with Crippen molar-refractivity contribution in [3.8, 4) is 11.5 Å². The second-order valence-corrected chi connectivity index (χ2v) is 7.52. The number of aryl methyl sites for hydroxylation is 2. The third kappa shape index (κ3) is 4.41. The molecular formula is C24H22O8. The molecule has 0 heterocycles. The van der Waals surface area contributed by atoms with Crippen molar-refractivity contribution in [1.82, 2.24) is 0 Å². The normalized spacial score (nSPS) is 11.8. The molecule has 8 heteroatoms. The number of carboxylic acids is 2. The lowest BCUT2D eigenvalue weighted by Crippen LogP contribution is -2.09. The maximum absolute atomic E-state index is 11.7. The molecule has 0 spiro atoms. The predicted octanol–water partition coefficient (Wildman–Crippen LogP) is 4.28. The summed E-state index contributed by atoms with van der Waals surface area (Å²) in [5.41, 5.74) is 2.88. The topological polar surface area (TPSA) is 145 Å². The minimum absolute atomic E-state index is 0.0455. The summed E-state index contributed by atoms with van der Waals surface area (Å²) in [6, 6.07) is 12.5. The van der Waals surface area contributed by atoms with Gasteiger partial charge in [-0.25, -0.2) is 14.5 Å². The number of rotatable bonds is 7. The molecule has 0 bridgehead atoms. The smallest absolute Gasteiger partial charge is 0.339 e. The van der Waals surface area contributed by atoms with Crippen molar-refractivity contribution in [2.75, 3.05) is 0 Å². The van der Waals surface area contributed by atoms with E-state index in [4.69, 9.17) is 5.26 Å². The van der Waals surface area contributed by atoms with E-state index >= 15 is 0 Å². The standard InChI is InChI=1S/C24H22O8/c1-12-7-16(9-18(11-32-31)21(12)25)20(14-3-5-15(6-4-14)23(27)28)17-8-13(2)22(26)19(10-17)24(29)30/h3-10,20,25-26,31H,11H2,1-2H3,(H,27,28)(H,29,30). The molecule has 3 aromatic carbocycles. The molecule has 0 aliphatic carbocycles. The molecule has 1 atom stereocenters. The van der Waals surface area contributed by atoms with Crippen molar-refractivity contribution in [1.29, 1.82) is 0 Å². The van der Waals surface area contributed by atoms with E-state index in [2.05, 4.69) is 4.89 Å². The molecule has 0 amide bonds. The van der Waals surface area contributed by atoms with Gasteiger partial charge in [-0.05, 0) is 65.9 Å². The van der Waals surface area contributed by atoms with Crippen LogP contribution in [0.25, 0.3) is 0 Å². The Bertz CT molecular complexity index is 1180. The Balaban J connectivity index is 2.29. The summed E-state index contributed by atoms with van der Waals surface area (Å²) in [6.45, 7) is 3.00. The van der Waals surface area contributed by atoms with E-state index in [1.165, 1.54) is 18.2 Å². The largest absolute Gasteiger partial charge is 0.507 e. The fourth-order valence-electron chi connectivity index (χ4n) is 3.76. The highest BCUT2D eigenvalue weighted by Crippen LogP contribution is 2.38. The SMILES string of the molecule is Cc1cc(C(c2ccc(C(=O)O)cc2)c2cc(C)c(O)c(C(=O)O)c2)cc(COO)c1O. The van der Waals surface area contributed by atoms with Crippen molar-refractivity contribution in [2.24, 2.45) is 0 Å². The molecule has 3 aromatic rings. The van der Waals surface area contributed by atoms with Crippen molar-refractivity contribution in [2.45, 2.75) is 26.4 Å². The Labute approximate surface area is 183 Å². The molecule has 5 N–H and O–H groups in total. The zero-order valence-electron chi connectivity index (χ0n) is 17.4. The summed E-state index contributed by atoms with van der Waals surface area (Å²) in [7, 11) is 0. The monoisotopic (exact) mass is 438 g/mol. The maximum Gasteiger partial charge on any atom is 0.339 e. The van der Waals surface area contributed by atoms with Crippen LogP contribution in [0.4, 0.5) is 0 Å². The molecule has 0 aromatic heterocycles. The molecule has 0 saturated heterocycles. The van der Waals surface area contributed by atoms with Crippen LogP contribution in [0.3, 0.4) is 0 Å². The van der Waals surface area contributed by atoms with Gasteiger partial charge in [-0.3, -0.25) is 5.26 Å². The summed E-state index contributed by atoms with van der Waals surface area (Å²) in [5, 5.41) is 48.1.